The fraction of sp³-hybridized carbons (Fsp3) is 0.378. The van der Waals surface area contributed by atoms with E-state index in [0.29, 0.717) is 116 Å². The Kier molecular flexibility index (Phi) is 14.5. The van der Waals surface area contributed by atoms with E-state index in [2.05, 4.69) is 20.2 Å². The lowest BCUT2D eigenvalue weighted by molar-refractivity contribution is 0.0295. The second-order valence-electron chi connectivity index (χ2n) is 15.5. The van der Waals surface area contributed by atoms with Gasteiger partial charge in [-0.2, -0.15) is 10.2 Å². The van der Waals surface area contributed by atoms with Gasteiger partial charge in [-0.3, -0.25) is 24.0 Å². The minimum absolute atomic E-state index is 0.0648. The Morgan fingerprint density at radius 2 is 1.11 bits per heavy atom. The molecule has 0 radical (unpaired) electrons. The Hall–Kier alpha value is -6.76. The highest BCUT2D eigenvalue weighted by Gasteiger charge is 2.30. The molecule has 0 spiro atoms. The van der Waals surface area contributed by atoms with Crippen LogP contribution in [0.4, 0.5) is 0 Å². The van der Waals surface area contributed by atoms with Gasteiger partial charge in [0, 0.05) is 79.6 Å². The lowest BCUT2D eigenvalue weighted by Crippen LogP contribution is -2.41. The Balaban J connectivity index is 0.000000177. The first-order chi connectivity index (χ1) is 30.1. The second kappa shape index (κ2) is 20.0. The predicted octanol–water partition coefficient (Wildman–Crippen LogP) is 3.50. The summed E-state index contributed by atoms with van der Waals surface area (Å²) in [7, 11) is 0. The van der Waals surface area contributed by atoms with Crippen LogP contribution in [0, 0.1) is 41.5 Å². The number of nitrogens with two attached hydrogens (primary N) is 1. The molecule has 6 aromatic heterocycles. The number of carboxylic acids is 1. The molecule has 2 aliphatic heterocycles. The summed E-state index contributed by atoms with van der Waals surface area (Å²) in [5.74, 6) is -1.53. The molecule has 8 heterocycles. The van der Waals surface area contributed by atoms with Gasteiger partial charge in [0.05, 0.1) is 43.0 Å². The fourth-order valence-electron chi connectivity index (χ4n) is 8.07. The normalized spacial score (nSPS) is 13.9. The maximum atomic E-state index is 13.3. The van der Waals surface area contributed by atoms with E-state index in [-0.39, 0.29) is 40.7 Å². The Morgan fingerprint density at radius 1 is 0.683 bits per heavy atom. The number of carboxylic acid groups (broad SMARTS) is 1. The van der Waals surface area contributed by atoms with Gasteiger partial charge in [-0.15, -0.1) is 0 Å². The number of aromatic amines is 2. The molecule has 63 heavy (non-hydrogen) atoms. The van der Waals surface area contributed by atoms with Gasteiger partial charge in [0.1, 0.15) is 11.4 Å². The molecule has 0 bridgehead atoms. The van der Waals surface area contributed by atoms with E-state index in [1.807, 2.05) is 39.8 Å². The van der Waals surface area contributed by atoms with Crippen LogP contribution in [0.15, 0.2) is 58.4 Å². The topological polar surface area (TPSA) is 240 Å². The van der Waals surface area contributed by atoms with Crippen molar-refractivity contribution in [1.82, 2.24) is 39.0 Å². The molecule has 8 rings (SSSR count). The quantitative estimate of drug-likeness (QED) is 0.161. The van der Waals surface area contributed by atoms with Gasteiger partial charge >= 0.3 is 5.97 Å². The van der Waals surface area contributed by atoms with Gasteiger partial charge in [-0.05, 0) is 107 Å². The summed E-state index contributed by atoms with van der Waals surface area (Å²) in [6.07, 6.45) is 3.65. The van der Waals surface area contributed by atoms with E-state index in [9.17, 15) is 33.9 Å². The van der Waals surface area contributed by atoms with Crippen LogP contribution in [0.2, 0.25) is 0 Å². The first-order valence-corrected chi connectivity index (χ1v) is 20.7. The molecule has 2 aliphatic rings. The van der Waals surface area contributed by atoms with Crippen molar-refractivity contribution in [2.24, 2.45) is 5.73 Å². The van der Waals surface area contributed by atoms with Crippen LogP contribution in [-0.4, -0.2) is 120 Å². The van der Waals surface area contributed by atoms with Crippen molar-refractivity contribution in [3.63, 3.8) is 0 Å². The number of H-pyrrole nitrogens is 2. The van der Waals surface area contributed by atoms with Gasteiger partial charge in [-0.25, -0.2) is 13.8 Å². The third kappa shape index (κ3) is 9.83. The van der Waals surface area contributed by atoms with E-state index in [4.69, 9.17) is 15.2 Å². The van der Waals surface area contributed by atoms with Crippen molar-refractivity contribution in [2.75, 3.05) is 52.6 Å². The van der Waals surface area contributed by atoms with Crippen molar-refractivity contribution >= 4 is 34.6 Å². The molecule has 6 aromatic rings. The number of aromatic nitrogens is 6. The lowest BCUT2D eigenvalue weighted by Gasteiger charge is -2.26. The van der Waals surface area contributed by atoms with Crippen molar-refractivity contribution in [3.8, 4) is 0 Å². The zero-order chi connectivity index (χ0) is 45.5. The minimum Gasteiger partial charge on any atom is -0.478 e. The molecule has 0 aliphatic carbocycles. The molecule has 18 heteroatoms. The predicted molar refractivity (Wildman–Crippen MR) is 234 cm³/mol. The highest BCUT2D eigenvalue weighted by Crippen LogP contribution is 2.27. The number of ketones is 1. The Morgan fingerprint density at radius 3 is 1.54 bits per heavy atom. The number of rotatable bonds is 8. The number of hydrogen-bond donors (Lipinski definition) is 4. The molecule has 0 atom stereocenters. The monoisotopic (exact) mass is 863 g/mol. The zero-order valence-corrected chi connectivity index (χ0v) is 36.4. The summed E-state index contributed by atoms with van der Waals surface area (Å²) < 4.78 is 13.6. The number of aryl methyl sites for hydroxylation is 4. The number of nitrogens with one attached hydrogen (secondary N) is 2. The number of fused-ring (bicyclic) bond motifs is 2. The van der Waals surface area contributed by atoms with Gasteiger partial charge < -0.3 is 40.1 Å². The SMILES string of the molecule is Cc1c(C(=O)O)c2cccnn2c1C(=O)N1CCOCC1.Cc1cc(C)c(CCC(=O)c2c(C)c(C(=O)N3CCOCC3)n3ncccc23)c(=O)[nH]1.Cc1cc(C)c(CN)c(=O)[nH]1. The highest BCUT2D eigenvalue weighted by atomic mass is 16.5. The zero-order valence-electron chi connectivity index (χ0n) is 36.4. The fourth-order valence-corrected chi connectivity index (χ4v) is 8.07. The molecule has 5 N–H and O–H groups in total. The van der Waals surface area contributed by atoms with Crippen molar-refractivity contribution < 1.29 is 33.8 Å². The number of aromatic carboxylic acids is 1. The van der Waals surface area contributed by atoms with Gasteiger partial charge in [-0.1, -0.05) is 0 Å². The molecule has 2 amide bonds. The largest absolute Gasteiger partial charge is 0.478 e. The van der Waals surface area contributed by atoms with Gasteiger partial charge in [0.25, 0.3) is 22.9 Å². The van der Waals surface area contributed by atoms with Crippen molar-refractivity contribution in [2.45, 2.75) is 60.9 Å². The molecule has 0 saturated carbocycles. The number of Topliss-reactive ketones (excluding diaryl/α,β-unsaturated/α-hetero) is 1. The number of carbonyl (C=O) groups excluding carboxylic acids is 3. The van der Waals surface area contributed by atoms with Crippen LogP contribution in [0.1, 0.15) is 92.9 Å². The van der Waals surface area contributed by atoms with Crippen molar-refractivity contribution in [1.29, 1.82) is 0 Å². The first-order valence-electron chi connectivity index (χ1n) is 20.7. The summed E-state index contributed by atoms with van der Waals surface area (Å²) >= 11 is 0. The van der Waals surface area contributed by atoms with E-state index in [0.717, 1.165) is 22.5 Å². The number of carbonyl (C=O) groups is 4. The van der Waals surface area contributed by atoms with Crippen molar-refractivity contribution in [3.05, 3.63) is 137 Å². The first kappa shape index (κ1) is 45.8. The molecule has 0 aromatic carbocycles. The second-order valence-corrected chi connectivity index (χ2v) is 15.5. The maximum absolute atomic E-state index is 13.3. The number of nitrogens with zero attached hydrogens (tertiary/aromatic N) is 6. The van der Waals surface area contributed by atoms with Crippen LogP contribution in [0.25, 0.3) is 11.0 Å². The van der Waals surface area contributed by atoms with Crippen LogP contribution >= 0.6 is 0 Å². The van der Waals surface area contributed by atoms with Crippen LogP contribution < -0.4 is 16.9 Å². The number of amides is 2. The van der Waals surface area contributed by atoms with E-state index < -0.39 is 5.97 Å². The van der Waals surface area contributed by atoms with E-state index >= 15 is 0 Å². The summed E-state index contributed by atoms with van der Waals surface area (Å²) in [5, 5.41) is 17.9. The molecule has 2 saturated heterocycles. The smallest absolute Gasteiger partial charge is 0.338 e. The highest BCUT2D eigenvalue weighted by molar-refractivity contribution is 6.08. The number of ether oxygens (including phenoxy) is 2. The molecular weight excluding hydrogens is 811 g/mol. The third-order valence-electron chi connectivity index (χ3n) is 11.2. The molecule has 0 unspecified atom stereocenters. The number of morpholine rings is 2. The molecule has 2 fully saturated rings. The van der Waals surface area contributed by atoms with Crippen LogP contribution in [0.5, 0.6) is 0 Å². The van der Waals surface area contributed by atoms with Gasteiger partial charge in [0.2, 0.25) is 0 Å². The number of pyridine rings is 2. The standard InChI is InChI=1S/C23H26N4O4.C14H15N3O4.C8H12N2O/c1-14-13-15(2)25-22(29)17(14)6-7-19(28)20-16(3)21(27-18(20)5-4-8-24-27)23(30)26-9-11-31-12-10-26;1-9-11(14(19)20)10-3-2-4-15-17(10)12(9)13(18)16-5-7-21-8-6-16;1-5-3-6(2)10-8(11)7(5)4-9/h4-5,8,13H,6-7,9-12H2,1-3H3,(H,25,29);2-4H,5-8H2,1H3,(H,19,20);3H,4,9H2,1-2H3,(H,10,11). The molecule has 18 nitrogen and oxygen atoms in total. The van der Waals surface area contributed by atoms with E-state index in [1.54, 1.807) is 58.6 Å². The molecule has 332 valence electrons. The Bertz CT molecular complexity index is 2810. The third-order valence-corrected chi connectivity index (χ3v) is 11.2. The van der Waals surface area contributed by atoms with Gasteiger partial charge in [0.15, 0.2) is 5.78 Å². The minimum atomic E-state index is -1.06. The van der Waals surface area contributed by atoms with E-state index in [1.165, 1.54) is 10.7 Å². The summed E-state index contributed by atoms with van der Waals surface area (Å²) in [4.78, 5) is 83.0. The summed E-state index contributed by atoms with van der Waals surface area (Å²) in [5.41, 5.74) is 13.4. The summed E-state index contributed by atoms with van der Waals surface area (Å²) in [6, 6.07) is 10.7. The van der Waals surface area contributed by atoms with Crippen LogP contribution in [-0.2, 0) is 22.4 Å². The Labute approximate surface area is 362 Å². The van der Waals surface area contributed by atoms with Crippen LogP contribution in [0.3, 0.4) is 0 Å². The molecular formula is C45H53N9O9. The summed E-state index contributed by atoms with van der Waals surface area (Å²) in [6.45, 7) is 15.2. The number of hydrogen-bond acceptors (Lipinski definition) is 11. The lowest BCUT2D eigenvalue weighted by atomic mass is 9.98. The average molecular weight is 864 g/mol. The average Bonchev–Trinajstić information content (AvgIpc) is 3.73. The maximum Gasteiger partial charge on any atom is 0.338 e.